The Morgan fingerprint density at radius 2 is 1.80 bits per heavy atom. The first-order valence-electron chi connectivity index (χ1n) is 7.63. The van der Waals surface area contributed by atoms with Crippen LogP contribution in [0.4, 0.5) is 14.5 Å². The van der Waals surface area contributed by atoms with Crippen molar-refractivity contribution in [1.82, 2.24) is 4.72 Å². The fourth-order valence-electron chi connectivity index (χ4n) is 2.71. The van der Waals surface area contributed by atoms with Gasteiger partial charge in [0.25, 0.3) is 0 Å². The fourth-order valence-corrected chi connectivity index (χ4v) is 4.01. The van der Waals surface area contributed by atoms with Crippen LogP contribution in [0.25, 0.3) is 0 Å². The van der Waals surface area contributed by atoms with Gasteiger partial charge in [0.05, 0.1) is 4.90 Å². The van der Waals surface area contributed by atoms with E-state index in [1.807, 2.05) is 0 Å². The Balaban J connectivity index is 1.78. The van der Waals surface area contributed by atoms with Crippen LogP contribution in [-0.2, 0) is 14.8 Å². The Bertz CT molecular complexity index is 914. The molecule has 8 heteroatoms. The average molecular weight is 366 g/mol. The molecule has 0 saturated carbocycles. The van der Waals surface area contributed by atoms with E-state index in [1.54, 1.807) is 0 Å². The number of rotatable bonds is 4. The van der Waals surface area contributed by atoms with Crippen molar-refractivity contribution < 1.29 is 22.0 Å². The van der Waals surface area contributed by atoms with Gasteiger partial charge in [0.15, 0.2) is 0 Å². The van der Waals surface area contributed by atoms with Gasteiger partial charge in [-0.1, -0.05) is 0 Å². The van der Waals surface area contributed by atoms with Gasteiger partial charge in [-0.05, 0) is 61.4 Å². The van der Waals surface area contributed by atoms with Crippen molar-refractivity contribution in [2.24, 2.45) is 0 Å². The summed E-state index contributed by atoms with van der Waals surface area (Å²) in [7, 11) is -3.95. The minimum atomic E-state index is -3.95. The number of sulfonamides is 1. The largest absolute Gasteiger partial charge is 0.311 e. The minimum Gasteiger partial charge on any atom is -0.311 e. The summed E-state index contributed by atoms with van der Waals surface area (Å²) in [6.45, 7) is 1.78. The molecule has 1 heterocycles. The molecule has 3 rings (SSSR count). The predicted molar refractivity (Wildman–Crippen MR) is 88.6 cm³/mol. The molecule has 0 spiro atoms. The standard InChI is InChI=1S/C17H16F2N2O3S/c1-11-10-14(6-7-15(11)19)25(23,24)20-16-8-9-21(17(16)22)13-4-2-12(18)3-5-13/h2-7,10,16,20H,8-9H2,1H3. The molecule has 1 aliphatic heterocycles. The number of carbonyl (C=O) groups excluding carboxylic acids is 1. The number of benzene rings is 2. The number of nitrogens with one attached hydrogen (secondary N) is 1. The topological polar surface area (TPSA) is 66.5 Å². The second-order valence-electron chi connectivity index (χ2n) is 5.84. The Labute approximate surface area is 144 Å². The van der Waals surface area contributed by atoms with Crippen molar-refractivity contribution in [3.05, 3.63) is 59.7 Å². The summed E-state index contributed by atoms with van der Waals surface area (Å²) in [6.07, 6.45) is 0.287. The molecule has 132 valence electrons. The van der Waals surface area contributed by atoms with Gasteiger partial charge in [-0.15, -0.1) is 0 Å². The van der Waals surface area contributed by atoms with Crippen LogP contribution in [0.3, 0.4) is 0 Å². The van der Waals surface area contributed by atoms with Crippen molar-refractivity contribution in [1.29, 1.82) is 0 Å². The molecule has 1 unspecified atom stereocenters. The maximum atomic E-state index is 13.3. The molecule has 1 atom stereocenters. The van der Waals surface area contributed by atoms with Crippen LogP contribution in [0.2, 0.25) is 0 Å². The van der Waals surface area contributed by atoms with Crippen molar-refractivity contribution in [3.8, 4) is 0 Å². The summed E-state index contributed by atoms with van der Waals surface area (Å²) < 4.78 is 53.5. The summed E-state index contributed by atoms with van der Waals surface area (Å²) in [5, 5.41) is 0. The van der Waals surface area contributed by atoms with Crippen LogP contribution in [-0.4, -0.2) is 26.9 Å². The smallest absolute Gasteiger partial charge is 0.245 e. The van der Waals surface area contributed by atoms with Crippen LogP contribution in [0.5, 0.6) is 0 Å². The number of hydrogen-bond donors (Lipinski definition) is 1. The lowest BCUT2D eigenvalue weighted by molar-refractivity contribution is -0.118. The van der Waals surface area contributed by atoms with Gasteiger partial charge in [-0.25, -0.2) is 17.2 Å². The van der Waals surface area contributed by atoms with E-state index in [9.17, 15) is 22.0 Å². The highest BCUT2D eigenvalue weighted by molar-refractivity contribution is 7.89. The Morgan fingerprint density at radius 1 is 1.12 bits per heavy atom. The van der Waals surface area contributed by atoms with Crippen molar-refractivity contribution in [2.45, 2.75) is 24.3 Å². The summed E-state index contributed by atoms with van der Waals surface area (Å²) in [4.78, 5) is 13.8. The van der Waals surface area contributed by atoms with Gasteiger partial charge in [-0.2, -0.15) is 4.72 Å². The first-order valence-corrected chi connectivity index (χ1v) is 9.12. The van der Waals surface area contributed by atoms with Gasteiger partial charge < -0.3 is 4.90 Å². The highest BCUT2D eigenvalue weighted by Gasteiger charge is 2.35. The Hall–Kier alpha value is -2.32. The fraction of sp³-hybridized carbons (Fsp3) is 0.235. The molecule has 1 saturated heterocycles. The molecule has 1 amide bonds. The zero-order valence-electron chi connectivity index (χ0n) is 13.4. The summed E-state index contributed by atoms with van der Waals surface area (Å²) >= 11 is 0. The molecule has 0 aliphatic carbocycles. The van der Waals surface area contributed by atoms with E-state index in [0.29, 0.717) is 12.2 Å². The van der Waals surface area contributed by atoms with Gasteiger partial charge in [0.2, 0.25) is 15.9 Å². The average Bonchev–Trinajstić information content (AvgIpc) is 2.91. The molecule has 2 aromatic rings. The Morgan fingerprint density at radius 3 is 2.44 bits per heavy atom. The number of halogens is 2. The van der Waals surface area contributed by atoms with E-state index in [2.05, 4.69) is 4.72 Å². The summed E-state index contributed by atoms with van der Waals surface area (Å²) in [5.74, 6) is -1.33. The molecule has 1 aliphatic rings. The SMILES string of the molecule is Cc1cc(S(=O)(=O)NC2CCN(c3ccc(F)cc3)C2=O)ccc1F. The third-order valence-electron chi connectivity index (χ3n) is 4.08. The maximum Gasteiger partial charge on any atom is 0.245 e. The van der Waals surface area contributed by atoms with Crippen LogP contribution in [0.15, 0.2) is 47.4 Å². The number of nitrogens with zero attached hydrogens (tertiary/aromatic N) is 1. The predicted octanol–water partition coefficient (Wildman–Crippen LogP) is 2.36. The number of hydrogen-bond acceptors (Lipinski definition) is 3. The molecule has 5 nitrogen and oxygen atoms in total. The number of amides is 1. The van der Waals surface area contributed by atoms with E-state index in [-0.39, 0.29) is 16.9 Å². The lowest BCUT2D eigenvalue weighted by atomic mass is 10.2. The lowest BCUT2D eigenvalue weighted by Crippen LogP contribution is -2.41. The molecule has 2 aromatic carbocycles. The Kier molecular flexibility index (Phi) is 4.57. The van der Waals surface area contributed by atoms with Gasteiger partial charge in [0, 0.05) is 12.2 Å². The number of carbonyl (C=O) groups is 1. The van der Waals surface area contributed by atoms with E-state index >= 15 is 0 Å². The minimum absolute atomic E-state index is 0.0977. The highest BCUT2D eigenvalue weighted by Crippen LogP contribution is 2.23. The van der Waals surface area contributed by atoms with E-state index in [4.69, 9.17) is 0 Å². The van der Waals surface area contributed by atoms with Crippen molar-refractivity contribution in [3.63, 3.8) is 0 Å². The molecule has 0 aromatic heterocycles. The molecular formula is C17H16F2N2O3S. The molecule has 1 N–H and O–H groups in total. The van der Waals surface area contributed by atoms with Crippen LogP contribution < -0.4 is 9.62 Å². The second-order valence-corrected chi connectivity index (χ2v) is 7.55. The van der Waals surface area contributed by atoms with Crippen LogP contribution in [0.1, 0.15) is 12.0 Å². The lowest BCUT2D eigenvalue weighted by Gasteiger charge is -2.17. The van der Waals surface area contributed by atoms with Gasteiger partial charge >= 0.3 is 0 Å². The molecule has 0 bridgehead atoms. The number of anilines is 1. The molecular weight excluding hydrogens is 350 g/mol. The normalized spacial score (nSPS) is 18.0. The molecule has 0 radical (unpaired) electrons. The maximum absolute atomic E-state index is 13.3. The second kappa shape index (κ2) is 6.53. The zero-order chi connectivity index (χ0) is 18.2. The van der Waals surface area contributed by atoms with Crippen molar-refractivity contribution >= 4 is 21.6 Å². The molecule has 1 fully saturated rings. The van der Waals surface area contributed by atoms with E-state index < -0.39 is 33.6 Å². The van der Waals surface area contributed by atoms with E-state index in [1.165, 1.54) is 42.2 Å². The van der Waals surface area contributed by atoms with Gasteiger partial charge in [-0.3, -0.25) is 4.79 Å². The van der Waals surface area contributed by atoms with Crippen LogP contribution >= 0.6 is 0 Å². The zero-order valence-corrected chi connectivity index (χ0v) is 14.2. The van der Waals surface area contributed by atoms with Gasteiger partial charge in [0.1, 0.15) is 17.7 Å². The van der Waals surface area contributed by atoms with E-state index in [0.717, 1.165) is 12.1 Å². The van der Waals surface area contributed by atoms with Crippen molar-refractivity contribution in [2.75, 3.05) is 11.4 Å². The first kappa shape index (κ1) is 17.5. The third-order valence-corrected chi connectivity index (χ3v) is 5.55. The van der Waals surface area contributed by atoms with Crippen LogP contribution in [0, 0.1) is 18.6 Å². The first-order chi connectivity index (χ1) is 11.8. The summed E-state index contributed by atoms with van der Waals surface area (Å²) in [6, 6.07) is 7.94. The third kappa shape index (κ3) is 3.54. The monoisotopic (exact) mass is 366 g/mol. The summed E-state index contributed by atoms with van der Waals surface area (Å²) in [5.41, 5.74) is 0.708. The highest BCUT2D eigenvalue weighted by atomic mass is 32.2. The number of aryl methyl sites for hydroxylation is 1. The quantitative estimate of drug-likeness (QED) is 0.903. The molecule has 25 heavy (non-hydrogen) atoms.